The van der Waals surface area contributed by atoms with Gasteiger partial charge in [-0.05, 0) is 48.3 Å². The maximum atomic E-state index is 13.6. The summed E-state index contributed by atoms with van der Waals surface area (Å²) in [6.45, 7) is 0. The number of hydrogen-bond donors (Lipinski definition) is 1. The fourth-order valence-corrected chi connectivity index (χ4v) is 4.35. The number of alkyl halides is 7. The first kappa shape index (κ1) is 27.1. The number of benzene rings is 2. The van der Waals surface area contributed by atoms with Gasteiger partial charge in [0.15, 0.2) is 0 Å². The molecule has 180 valence electrons. The number of rotatable bonds is 9. The van der Waals surface area contributed by atoms with E-state index in [0.717, 1.165) is 30.0 Å². The third-order valence-electron chi connectivity index (χ3n) is 3.81. The Morgan fingerprint density at radius 3 is 2.27 bits per heavy atom. The van der Waals surface area contributed by atoms with Gasteiger partial charge < -0.3 is 5.32 Å². The van der Waals surface area contributed by atoms with Crippen LogP contribution < -0.4 is 5.32 Å². The summed E-state index contributed by atoms with van der Waals surface area (Å²) >= 11 is 1.12. The van der Waals surface area contributed by atoms with Gasteiger partial charge in [0.1, 0.15) is 0 Å². The van der Waals surface area contributed by atoms with Gasteiger partial charge in [-0.3, -0.25) is 14.9 Å². The zero-order chi connectivity index (χ0) is 25.0. The first-order chi connectivity index (χ1) is 15.2. The van der Waals surface area contributed by atoms with Crippen LogP contribution in [0.25, 0.3) is 0 Å². The number of nitro benzene ring substituents is 1. The highest BCUT2D eigenvalue weighted by molar-refractivity contribution is 8.00. The molecule has 0 aliphatic carbocycles. The lowest BCUT2D eigenvalue weighted by molar-refractivity contribution is -0.387. The van der Waals surface area contributed by atoms with Crippen molar-refractivity contribution in [2.75, 3.05) is 17.3 Å². The minimum atomic E-state index is -6.46. The number of nitro groups is 1. The second kappa shape index (κ2) is 10.4. The van der Waals surface area contributed by atoms with Crippen molar-refractivity contribution >= 4 is 52.6 Å². The molecule has 1 amide bonds. The van der Waals surface area contributed by atoms with Crippen LogP contribution in [-0.4, -0.2) is 40.2 Å². The number of anilines is 1. The molecule has 0 aromatic heterocycles. The van der Waals surface area contributed by atoms with Crippen molar-refractivity contribution in [3.63, 3.8) is 0 Å². The lowest BCUT2D eigenvalue weighted by atomic mass is 10.3. The van der Waals surface area contributed by atoms with Crippen molar-refractivity contribution in [2.45, 2.75) is 32.0 Å². The van der Waals surface area contributed by atoms with Crippen LogP contribution >= 0.6 is 35.3 Å². The Balaban J connectivity index is 2.08. The zero-order valence-electron chi connectivity index (χ0n) is 16.3. The van der Waals surface area contributed by atoms with Crippen LogP contribution in [0, 0.1) is 10.1 Å². The van der Waals surface area contributed by atoms with Crippen molar-refractivity contribution < 1.29 is 40.5 Å². The predicted octanol–water partition coefficient (Wildman–Crippen LogP) is 6.93. The summed E-state index contributed by atoms with van der Waals surface area (Å²) in [6, 6.07) is 8.40. The van der Waals surface area contributed by atoms with Crippen molar-refractivity contribution in [3.8, 4) is 0 Å². The van der Waals surface area contributed by atoms with E-state index >= 15 is 0 Å². The summed E-state index contributed by atoms with van der Waals surface area (Å²) in [5, 5.41) is 7.99. The van der Waals surface area contributed by atoms with Gasteiger partial charge >= 0.3 is 17.4 Å². The van der Waals surface area contributed by atoms with Crippen molar-refractivity contribution in [1.29, 1.82) is 0 Å². The minimum absolute atomic E-state index is 0.135. The first-order valence-corrected chi connectivity index (χ1v) is 11.6. The standard InChI is InChI=1S/C18H13F7N2O3S3/c1-31-11-5-6-14(13(8-11)27(29)30)32-9-15(28)26-10-3-2-4-12(7-10)33-18(24,25)16(19,20)17(21,22)23/h2-8H,9H2,1H3,(H,26,28). The molecule has 2 aromatic carbocycles. The Labute approximate surface area is 195 Å². The summed E-state index contributed by atoms with van der Waals surface area (Å²) in [5.74, 6) is -7.31. The number of thioether (sulfide) groups is 3. The topological polar surface area (TPSA) is 72.2 Å². The minimum Gasteiger partial charge on any atom is -0.325 e. The fourth-order valence-electron chi connectivity index (χ4n) is 2.24. The Kier molecular flexibility index (Phi) is 8.57. The molecule has 5 nitrogen and oxygen atoms in total. The van der Waals surface area contributed by atoms with Crippen LogP contribution in [0.2, 0.25) is 0 Å². The van der Waals surface area contributed by atoms with E-state index in [1.165, 1.54) is 30.0 Å². The third-order valence-corrected chi connectivity index (χ3v) is 6.60. The van der Waals surface area contributed by atoms with E-state index < -0.39 is 44.8 Å². The van der Waals surface area contributed by atoms with E-state index in [1.807, 2.05) is 0 Å². The first-order valence-electron chi connectivity index (χ1n) is 8.54. The molecule has 1 N–H and O–H groups in total. The normalized spacial score (nSPS) is 12.5. The Bertz CT molecular complexity index is 1040. The monoisotopic (exact) mass is 534 g/mol. The van der Waals surface area contributed by atoms with Crippen molar-refractivity contribution in [3.05, 3.63) is 52.6 Å². The highest BCUT2D eigenvalue weighted by Crippen LogP contribution is 2.54. The predicted molar refractivity (Wildman–Crippen MR) is 112 cm³/mol. The van der Waals surface area contributed by atoms with E-state index in [2.05, 4.69) is 5.32 Å². The average molecular weight is 534 g/mol. The average Bonchev–Trinajstić information content (AvgIpc) is 2.71. The molecule has 0 bridgehead atoms. The number of hydrogen-bond acceptors (Lipinski definition) is 6. The quantitative estimate of drug-likeness (QED) is 0.163. The molecule has 0 unspecified atom stereocenters. The summed E-state index contributed by atoms with van der Waals surface area (Å²) in [4.78, 5) is 22.9. The fraction of sp³-hybridized carbons (Fsp3) is 0.278. The largest absolute Gasteiger partial charge is 0.460 e. The smallest absolute Gasteiger partial charge is 0.325 e. The zero-order valence-corrected chi connectivity index (χ0v) is 18.7. The van der Waals surface area contributed by atoms with Gasteiger partial charge in [-0.2, -0.15) is 30.7 Å². The number of carbonyl (C=O) groups excluding carboxylic acids is 1. The maximum absolute atomic E-state index is 13.6. The van der Waals surface area contributed by atoms with Gasteiger partial charge in [-0.25, -0.2) is 0 Å². The van der Waals surface area contributed by atoms with Gasteiger partial charge in [0.25, 0.3) is 5.69 Å². The molecule has 33 heavy (non-hydrogen) atoms. The Morgan fingerprint density at radius 2 is 1.70 bits per heavy atom. The van der Waals surface area contributed by atoms with E-state index in [9.17, 15) is 45.6 Å². The van der Waals surface area contributed by atoms with Crippen LogP contribution in [0.3, 0.4) is 0 Å². The van der Waals surface area contributed by atoms with Crippen LogP contribution in [-0.2, 0) is 4.79 Å². The van der Waals surface area contributed by atoms with E-state index in [4.69, 9.17) is 0 Å². The van der Waals surface area contributed by atoms with Crippen LogP contribution in [0.15, 0.2) is 57.2 Å². The number of nitrogens with one attached hydrogen (secondary N) is 1. The van der Waals surface area contributed by atoms with Crippen LogP contribution in [0.4, 0.5) is 42.1 Å². The van der Waals surface area contributed by atoms with Gasteiger partial charge in [0.2, 0.25) is 5.91 Å². The summed E-state index contributed by atoms with van der Waals surface area (Å²) in [6.07, 6.45) is -4.73. The van der Waals surface area contributed by atoms with Crippen LogP contribution in [0.1, 0.15) is 0 Å². The molecule has 0 aliphatic heterocycles. The second-order valence-corrected chi connectivity index (χ2v) is 9.23. The molecule has 0 aliphatic rings. The van der Waals surface area contributed by atoms with E-state index in [1.54, 1.807) is 12.3 Å². The molecule has 0 atom stereocenters. The lowest BCUT2D eigenvalue weighted by Crippen LogP contribution is -2.49. The Morgan fingerprint density at radius 1 is 1.03 bits per heavy atom. The maximum Gasteiger partial charge on any atom is 0.460 e. The van der Waals surface area contributed by atoms with E-state index in [0.29, 0.717) is 4.90 Å². The molecular formula is C18H13F7N2O3S3. The summed E-state index contributed by atoms with van der Waals surface area (Å²) in [5.41, 5.74) is -0.352. The van der Waals surface area contributed by atoms with Gasteiger partial charge in [0.05, 0.1) is 15.6 Å². The Hall–Kier alpha value is -2.13. The molecule has 0 saturated heterocycles. The highest BCUT2D eigenvalue weighted by Gasteiger charge is 2.73. The van der Waals surface area contributed by atoms with Gasteiger partial charge in [-0.1, -0.05) is 6.07 Å². The number of carbonyl (C=O) groups is 1. The van der Waals surface area contributed by atoms with E-state index in [-0.39, 0.29) is 22.0 Å². The lowest BCUT2D eigenvalue weighted by Gasteiger charge is -2.27. The summed E-state index contributed by atoms with van der Waals surface area (Å²) in [7, 11) is 0. The van der Waals surface area contributed by atoms with Gasteiger partial charge in [0, 0.05) is 21.5 Å². The number of nitrogens with zero attached hydrogens (tertiary/aromatic N) is 1. The SMILES string of the molecule is CSc1ccc(SCC(=O)Nc2cccc(SC(F)(F)C(F)(F)C(F)(F)F)c2)c([N+](=O)[O-])c1. The van der Waals surface area contributed by atoms with Crippen molar-refractivity contribution in [2.24, 2.45) is 0 Å². The molecular weight excluding hydrogens is 521 g/mol. The van der Waals surface area contributed by atoms with Crippen molar-refractivity contribution in [1.82, 2.24) is 0 Å². The molecule has 0 fully saturated rings. The molecule has 0 spiro atoms. The summed E-state index contributed by atoms with van der Waals surface area (Å²) < 4.78 is 90.2. The molecule has 2 aromatic rings. The van der Waals surface area contributed by atoms with Gasteiger partial charge in [-0.15, -0.1) is 23.5 Å². The van der Waals surface area contributed by atoms with Crippen LogP contribution in [0.5, 0.6) is 0 Å². The molecule has 0 heterocycles. The molecule has 15 heteroatoms. The molecule has 0 saturated carbocycles. The molecule has 0 radical (unpaired) electrons. The highest BCUT2D eigenvalue weighted by atomic mass is 32.2. The molecule has 2 rings (SSSR count). The number of halogens is 7. The third kappa shape index (κ3) is 6.69. The number of amides is 1. The second-order valence-electron chi connectivity index (χ2n) is 6.15.